The molecule has 0 saturated heterocycles. The lowest BCUT2D eigenvalue weighted by Gasteiger charge is -2.11. The first-order chi connectivity index (χ1) is 18.1. The van der Waals surface area contributed by atoms with Crippen molar-refractivity contribution in [1.29, 1.82) is 0 Å². The molecule has 0 aliphatic rings. The van der Waals surface area contributed by atoms with Crippen LogP contribution in [0, 0.1) is 6.92 Å². The Kier molecular flexibility index (Phi) is 7.28. The Bertz CT molecular complexity index is 1550. The molecule has 5 rings (SSSR count). The van der Waals surface area contributed by atoms with E-state index in [0.717, 1.165) is 38.9 Å². The van der Waals surface area contributed by atoms with Gasteiger partial charge in [-0.2, -0.15) is 5.10 Å². The lowest BCUT2D eigenvalue weighted by molar-refractivity contribution is -0.118. The van der Waals surface area contributed by atoms with Crippen LogP contribution in [0.2, 0.25) is 0 Å². The predicted octanol–water partition coefficient (Wildman–Crippen LogP) is 5.65. The second kappa shape index (κ2) is 11.1. The summed E-state index contributed by atoms with van der Waals surface area (Å²) in [5.41, 5.74) is 6.53. The first-order valence-corrected chi connectivity index (χ1v) is 12.7. The highest BCUT2D eigenvalue weighted by atomic mass is 32.2. The van der Waals surface area contributed by atoms with Gasteiger partial charge in [0.05, 0.1) is 19.1 Å². The van der Waals surface area contributed by atoms with Gasteiger partial charge >= 0.3 is 0 Å². The summed E-state index contributed by atoms with van der Waals surface area (Å²) in [5.74, 6) is 1.35. The molecule has 4 aromatic carbocycles. The maximum Gasteiger partial charge on any atom is 0.250 e. The maximum absolute atomic E-state index is 12.6. The van der Waals surface area contributed by atoms with Crippen molar-refractivity contribution in [3.05, 3.63) is 102 Å². The van der Waals surface area contributed by atoms with Crippen LogP contribution >= 0.6 is 11.8 Å². The van der Waals surface area contributed by atoms with Crippen molar-refractivity contribution in [2.24, 2.45) is 5.10 Å². The molecule has 8 heteroatoms. The summed E-state index contributed by atoms with van der Waals surface area (Å²) in [6, 6.07) is 29.8. The van der Waals surface area contributed by atoms with E-state index in [1.807, 2.05) is 102 Å². The molecule has 184 valence electrons. The molecule has 0 radical (unpaired) electrons. The monoisotopic (exact) mass is 507 g/mol. The number of amides is 1. The Labute approximate surface area is 219 Å². The average molecular weight is 508 g/mol. The van der Waals surface area contributed by atoms with Gasteiger partial charge in [-0.1, -0.05) is 84.1 Å². The van der Waals surface area contributed by atoms with Crippen LogP contribution in [-0.4, -0.2) is 39.7 Å². The molecule has 37 heavy (non-hydrogen) atoms. The molecule has 0 saturated carbocycles. The number of benzene rings is 4. The lowest BCUT2D eigenvalue weighted by Crippen LogP contribution is -2.20. The highest BCUT2D eigenvalue weighted by Crippen LogP contribution is 2.29. The van der Waals surface area contributed by atoms with Gasteiger partial charge in [0.2, 0.25) is 0 Å². The quantitative estimate of drug-likeness (QED) is 0.167. The number of aryl methyl sites for hydroxylation is 1. The van der Waals surface area contributed by atoms with Crippen LogP contribution < -0.4 is 10.2 Å². The summed E-state index contributed by atoms with van der Waals surface area (Å²) in [6.45, 7) is 2.04. The van der Waals surface area contributed by atoms with Gasteiger partial charge in [0, 0.05) is 16.8 Å². The minimum atomic E-state index is -0.234. The number of rotatable bonds is 8. The second-order valence-corrected chi connectivity index (χ2v) is 9.30. The van der Waals surface area contributed by atoms with Crippen molar-refractivity contribution in [2.75, 3.05) is 12.9 Å². The summed E-state index contributed by atoms with van der Waals surface area (Å²) in [5, 5.41) is 15.8. The maximum atomic E-state index is 12.6. The van der Waals surface area contributed by atoms with Gasteiger partial charge in [0.15, 0.2) is 11.0 Å². The SMILES string of the molecule is COc1ccc(-n2c(SCC(=O)N/N=C/c3cccc4ccccc34)nnc2-c2ccc(C)cc2)cc1. The molecule has 0 atom stereocenters. The van der Waals surface area contributed by atoms with Crippen molar-refractivity contribution >= 4 is 34.7 Å². The molecule has 0 aliphatic heterocycles. The van der Waals surface area contributed by atoms with E-state index in [9.17, 15) is 4.79 Å². The number of hydrogen-bond donors (Lipinski definition) is 1. The lowest BCUT2D eigenvalue weighted by atomic mass is 10.1. The average Bonchev–Trinajstić information content (AvgIpc) is 3.36. The van der Waals surface area contributed by atoms with E-state index in [4.69, 9.17) is 4.74 Å². The van der Waals surface area contributed by atoms with E-state index in [-0.39, 0.29) is 11.7 Å². The van der Waals surface area contributed by atoms with Gasteiger partial charge in [-0.15, -0.1) is 10.2 Å². The number of hydrazone groups is 1. The van der Waals surface area contributed by atoms with Crippen LogP contribution in [0.15, 0.2) is 101 Å². The number of nitrogens with zero attached hydrogens (tertiary/aromatic N) is 4. The number of carbonyl (C=O) groups excluding carboxylic acids is 1. The standard InChI is InChI=1S/C29H25N5O2S/c1-20-10-12-22(13-11-20)28-32-33-29(34(28)24-14-16-25(36-2)17-15-24)37-19-27(35)31-30-18-23-8-5-7-21-6-3-4-9-26(21)23/h3-18H,19H2,1-2H3,(H,31,35)/b30-18+. The molecule has 1 amide bonds. The second-order valence-electron chi connectivity index (χ2n) is 8.36. The normalized spacial score (nSPS) is 11.2. The summed E-state index contributed by atoms with van der Waals surface area (Å²) in [6.07, 6.45) is 1.67. The summed E-state index contributed by atoms with van der Waals surface area (Å²) in [7, 11) is 1.63. The van der Waals surface area contributed by atoms with E-state index in [1.165, 1.54) is 11.8 Å². The fourth-order valence-corrected chi connectivity index (χ4v) is 4.66. The predicted molar refractivity (Wildman–Crippen MR) is 148 cm³/mol. The molecule has 0 fully saturated rings. The molecule has 0 bridgehead atoms. The Morgan fingerprint density at radius 2 is 1.73 bits per heavy atom. The molecular formula is C29H25N5O2S. The molecule has 1 heterocycles. The molecule has 1 aromatic heterocycles. The van der Waals surface area contributed by atoms with Crippen molar-refractivity contribution in [1.82, 2.24) is 20.2 Å². The van der Waals surface area contributed by atoms with Crippen molar-refractivity contribution in [3.8, 4) is 22.8 Å². The molecule has 0 aliphatic carbocycles. The van der Waals surface area contributed by atoms with Crippen molar-refractivity contribution < 1.29 is 9.53 Å². The molecule has 0 unspecified atom stereocenters. The molecular weight excluding hydrogens is 482 g/mol. The highest BCUT2D eigenvalue weighted by molar-refractivity contribution is 7.99. The Morgan fingerprint density at radius 3 is 2.51 bits per heavy atom. The van der Waals surface area contributed by atoms with E-state index < -0.39 is 0 Å². The van der Waals surface area contributed by atoms with E-state index >= 15 is 0 Å². The van der Waals surface area contributed by atoms with Gasteiger partial charge in [0.25, 0.3) is 5.91 Å². The summed E-state index contributed by atoms with van der Waals surface area (Å²) in [4.78, 5) is 12.6. The summed E-state index contributed by atoms with van der Waals surface area (Å²) < 4.78 is 7.25. The van der Waals surface area contributed by atoms with Gasteiger partial charge in [-0.25, -0.2) is 5.43 Å². The fourth-order valence-electron chi connectivity index (χ4n) is 3.92. The third-order valence-corrected chi connectivity index (χ3v) is 6.75. The molecule has 7 nitrogen and oxygen atoms in total. The van der Waals surface area contributed by atoms with Crippen LogP contribution in [0.5, 0.6) is 5.75 Å². The Hall–Kier alpha value is -4.43. The first-order valence-electron chi connectivity index (χ1n) is 11.7. The minimum Gasteiger partial charge on any atom is -0.497 e. The summed E-state index contributed by atoms with van der Waals surface area (Å²) >= 11 is 1.30. The van der Waals surface area contributed by atoms with Gasteiger partial charge < -0.3 is 4.74 Å². The van der Waals surface area contributed by atoms with E-state index in [2.05, 4.69) is 20.7 Å². The van der Waals surface area contributed by atoms with Crippen LogP contribution in [0.25, 0.3) is 27.8 Å². The third kappa shape index (κ3) is 5.54. The van der Waals surface area contributed by atoms with Crippen LogP contribution in [0.3, 0.4) is 0 Å². The third-order valence-electron chi connectivity index (χ3n) is 5.82. The number of hydrogen-bond acceptors (Lipinski definition) is 6. The van der Waals surface area contributed by atoms with Crippen LogP contribution in [-0.2, 0) is 4.79 Å². The highest BCUT2D eigenvalue weighted by Gasteiger charge is 2.17. The first kappa shape index (κ1) is 24.3. The van der Waals surface area contributed by atoms with Gasteiger partial charge in [-0.3, -0.25) is 9.36 Å². The topological polar surface area (TPSA) is 81.4 Å². The Morgan fingerprint density at radius 1 is 0.973 bits per heavy atom. The number of ether oxygens (including phenoxy) is 1. The number of nitrogens with one attached hydrogen (secondary N) is 1. The number of carbonyl (C=O) groups is 1. The number of thioether (sulfide) groups is 1. The largest absolute Gasteiger partial charge is 0.497 e. The smallest absolute Gasteiger partial charge is 0.250 e. The number of aromatic nitrogens is 3. The van der Waals surface area contributed by atoms with Crippen LogP contribution in [0.4, 0.5) is 0 Å². The molecule has 1 N–H and O–H groups in total. The van der Waals surface area contributed by atoms with Crippen molar-refractivity contribution in [3.63, 3.8) is 0 Å². The molecule has 0 spiro atoms. The Balaban J connectivity index is 1.33. The fraction of sp³-hybridized carbons (Fsp3) is 0.103. The van der Waals surface area contributed by atoms with Crippen molar-refractivity contribution in [2.45, 2.75) is 12.1 Å². The minimum absolute atomic E-state index is 0.134. The zero-order valence-corrected chi connectivity index (χ0v) is 21.3. The van der Waals surface area contributed by atoms with Gasteiger partial charge in [0.1, 0.15) is 5.75 Å². The molecule has 5 aromatic rings. The number of methoxy groups -OCH3 is 1. The van der Waals surface area contributed by atoms with Crippen LogP contribution in [0.1, 0.15) is 11.1 Å². The van der Waals surface area contributed by atoms with E-state index in [0.29, 0.717) is 11.0 Å². The van der Waals surface area contributed by atoms with Gasteiger partial charge in [-0.05, 0) is 42.0 Å². The zero-order valence-electron chi connectivity index (χ0n) is 20.5. The zero-order chi connectivity index (χ0) is 25.6. The van der Waals surface area contributed by atoms with E-state index in [1.54, 1.807) is 13.3 Å². The number of fused-ring (bicyclic) bond motifs is 1.